The predicted molar refractivity (Wildman–Crippen MR) is 104 cm³/mol. The van der Waals surface area contributed by atoms with Gasteiger partial charge >= 0.3 is 6.18 Å². The monoisotopic (exact) mass is 422 g/mol. The minimum atomic E-state index is -4.46. The first kappa shape index (κ1) is 18.5. The number of rotatable bonds is 3. The van der Waals surface area contributed by atoms with Crippen molar-refractivity contribution < 1.29 is 13.2 Å². The molecule has 2 aliphatic rings. The molecule has 10 heteroatoms. The summed E-state index contributed by atoms with van der Waals surface area (Å²) in [5.74, 6) is 1.82. The van der Waals surface area contributed by atoms with E-state index >= 15 is 0 Å². The van der Waals surface area contributed by atoms with Gasteiger partial charge in [-0.2, -0.15) is 18.3 Å². The normalized spacial score (nSPS) is 17.9. The lowest BCUT2D eigenvalue weighted by Gasteiger charge is -2.36. The number of nitrogens with zero attached hydrogens (tertiary/aromatic N) is 6. The molecule has 29 heavy (non-hydrogen) atoms. The number of fused-ring (bicyclic) bond motifs is 1. The van der Waals surface area contributed by atoms with Crippen LogP contribution in [0.1, 0.15) is 30.0 Å². The third-order valence-electron chi connectivity index (χ3n) is 5.41. The first-order chi connectivity index (χ1) is 13.9. The molecule has 1 saturated carbocycles. The Morgan fingerprint density at radius 1 is 0.966 bits per heavy atom. The number of hydrogen-bond donors (Lipinski definition) is 0. The summed E-state index contributed by atoms with van der Waals surface area (Å²) < 4.78 is 40.4. The van der Waals surface area contributed by atoms with E-state index in [4.69, 9.17) is 11.6 Å². The maximum atomic E-state index is 12.8. The first-order valence-corrected chi connectivity index (χ1v) is 9.85. The number of alkyl halides is 3. The van der Waals surface area contributed by atoms with Crippen molar-refractivity contribution in [1.29, 1.82) is 0 Å². The lowest BCUT2D eigenvalue weighted by molar-refractivity contribution is -0.137. The Kier molecular flexibility index (Phi) is 4.31. The van der Waals surface area contributed by atoms with Gasteiger partial charge in [0.2, 0.25) is 0 Å². The summed E-state index contributed by atoms with van der Waals surface area (Å²) in [6.45, 7) is 2.50. The van der Waals surface area contributed by atoms with Gasteiger partial charge in [0.05, 0.1) is 16.3 Å². The summed E-state index contributed by atoms with van der Waals surface area (Å²) in [6.07, 6.45) is 2.35. The summed E-state index contributed by atoms with van der Waals surface area (Å²) in [5, 5.41) is 4.67. The van der Waals surface area contributed by atoms with E-state index < -0.39 is 11.7 Å². The van der Waals surface area contributed by atoms with Crippen LogP contribution in [-0.2, 0) is 6.18 Å². The van der Waals surface area contributed by atoms with Gasteiger partial charge < -0.3 is 9.80 Å². The van der Waals surface area contributed by atoms with Crippen LogP contribution >= 0.6 is 11.6 Å². The number of hydrogen-bond acceptors (Lipinski definition) is 5. The van der Waals surface area contributed by atoms with Crippen LogP contribution in [0.5, 0.6) is 0 Å². The molecule has 6 nitrogen and oxygen atoms in total. The Hall–Kier alpha value is -2.55. The van der Waals surface area contributed by atoms with Crippen LogP contribution in [0.25, 0.3) is 5.52 Å². The van der Waals surface area contributed by atoms with Gasteiger partial charge in [0.15, 0.2) is 5.82 Å². The SMILES string of the molecule is FC(F)(F)c1cnc(N2CCN(c3nccn4nc(C5CC5)cc34)CC2)c(Cl)c1. The fraction of sp³-hybridized carbons (Fsp3) is 0.421. The topological polar surface area (TPSA) is 49.6 Å². The molecule has 1 aliphatic heterocycles. The molecule has 2 fully saturated rings. The summed E-state index contributed by atoms with van der Waals surface area (Å²) >= 11 is 6.10. The number of anilines is 2. The molecule has 0 radical (unpaired) electrons. The Morgan fingerprint density at radius 3 is 2.28 bits per heavy atom. The zero-order chi connectivity index (χ0) is 20.2. The molecule has 152 valence electrons. The highest BCUT2D eigenvalue weighted by Gasteiger charge is 2.32. The maximum absolute atomic E-state index is 12.8. The summed E-state index contributed by atoms with van der Waals surface area (Å²) in [4.78, 5) is 12.6. The van der Waals surface area contributed by atoms with Gasteiger partial charge in [0.1, 0.15) is 11.3 Å². The molecule has 0 atom stereocenters. The van der Waals surface area contributed by atoms with Crippen LogP contribution in [0.2, 0.25) is 5.02 Å². The van der Waals surface area contributed by atoms with Crippen molar-refractivity contribution in [2.45, 2.75) is 24.9 Å². The smallest absolute Gasteiger partial charge is 0.352 e. The van der Waals surface area contributed by atoms with Crippen molar-refractivity contribution in [1.82, 2.24) is 19.6 Å². The summed E-state index contributed by atoms with van der Waals surface area (Å²) in [7, 11) is 0. The Morgan fingerprint density at radius 2 is 1.66 bits per heavy atom. The van der Waals surface area contributed by atoms with E-state index in [1.165, 1.54) is 12.8 Å². The van der Waals surface area contributed by atoms with Crippen LogP contribution in [-0.4, -0.2) is 45.8 Å². The van der Waals surface area contributed by atoms with E-state index in [1.54, 1.807) is 6.20 Å². The molecule has 0 spiro atoms. The van der Waals surface area contributed by atoms with Crippen molar-refractivity contribution in [3.05, 3.63) is 47.0 Å². The van der Waals surface area contributed by atoms with Crippen LogP contribution in [0.4, 0.5) is 24.8 Å². The molecule has 0 bridgehead atoms. The van der Waals surface area contributed by atoms with Gasteiger partial charge in [0, 0.05) is 50.7 Å². The van der Waals surface area contributed by atoms with Crippen LogP contribution in [0, 0.1) is 0 Å². The molecule has 0 aromatic carbocycles. The van der Waals surface area contributed by atoms with E-state index in [1.807, 2.05) is 15.6 Å². The molecule has 0 amide bonds. The molecule has 4 heterocycles. The third-order valence-corrected chi connectivity index (χ3v) is 5.69. The van der Waals surface area contributed by atoms with E-state index in [-0.39, 0.29) is 5.02 Å². The van der Waals surface area contributed by atoms with E-state index in [2.05, 4.69) is 26.0 Å². The minimum absolute atomic E-state index is 0.0124. The molecule has 0 N–H and O–H groups in total. The third kappa shape index (κ3) is 3.48. The summed E-state index contributed by atoms with van der Waals surface area (Å²) in [5.41, 5.74) is 1.25. The van der Waals surface area contributed by atoms with Crippen molar-refractivity contribution >= 4 is 28.8 Å². The highest BCUT2D eigenvalue weighted by Crippen LogP contribution is 2.40. The van der Waals surface area contributed by atoms with Crippen molar-refractivity contribution in [3.63, 3.8) is 0 Å². The lowest BCUT2D eigenvalue weighted by atomic mass is 10.2. The number of piperazine rings is 1. The average molecular weight is 423 g/mol. The van der Waals surface area contributed by atoms with Crippen molar-refractivity contribution in [3.8, 4) is 0 Å². The largest absolute Gasteiger partial charge is 0.417 e. The van der Waals surface area contributed by atoms with Gasteiger partial charge in [-0.25, -0.2) is 14.5 Å². The van der Waals surface area contributed by atoms with Crippen LogP contribution < -0.4 is 9.80 Å². The highest BCUT2D eigenvalue weighted by molar-refractivity contribution is 6.33. The quantitative estimate of drug-likeness (QED) is 0.638. The molecule has 1 aliphatic carbocycles. The number of pyridine rings is 1. The molecule has 5 rings (SSSR count). The fourth-order valence-corrected chi connectivity index (χ4v) is 3.98. The zero-order valence-electron chi connectivity index (χ0n) is 15.4. The van der Waals surface area contributed by atoms with Gasteiger partial charge in [-0.05, 0) is 25.0 Å². The summed E-state index contributed by atoms with van der Waals surface area (Å²) in [6, 6.07) is 3.05. The fourth-order valence-electron chi connectivity index (χ4n) is 3.70. The second-order valence-electron chi connectivity index (χ2n) is 7.43. The van der Waals surface area contributed by atoms with Crippen molar-refractivity contribution in [2.24, 2.45) is 0 Å². The Bertz CT molecular complexity index is 1050. The van der Waals surface area contributed by atoms with Crippen LogP contribution in [0.3, 0.4) is 0 Å². The molecule has 1 saturated heterocycles. The molecular weight excluding hydrogens is 405 g/mol. The second-order valence-corrected chi connectivity index (χ2v) is 7.83. The molecule has 3 aromatic heterocycles. The molecule has 3 aromatic rings. The van der Waals surface area contributed by atoms with E-state index in [0.29, 0.717) is 37.9 Å². The number of halogens is 4. The number of aromatic nitrogens is 4. The lowest BCUT2D eigenvalue weighted by Crippen LogP contribution is -2.47. The van der Waals surface area contributed by atoms with E-state index in [0.717, 1.165) is 29.3 Å². The predicted octanol–water partition coefficient (Wildman–Crippen LogP) is 4.00. The van der Waals surface area contributed by atoms with Gasteiger partial charge in [-0.1, -0.05) is 11.6 Å². The highest BCUT2D eigenvalue weighted by atomic mass is 35.5. The van der Waals surface area contributed by atoms with Gasteiger partial charge in [-0.15, -0.1) is 0 Å². The van der Waals surface area contributed by atoms with E-state index in [9.17, 15) is 13.2 Å². The Labute approximate surface area is 169 Å². The van der Waals surface area contributed by atoms with Crippen LogP contribution in [0.15, 0.2) is 30.7 Å². The zero-order valence-corrected chi connectivity index (χ0v) is 16.2. The average Bonchev–Trinajstić information content (AvgIpc) is 3.46. The first-order valence-electron chi connectivity index (χ1n) is 9.47. The Balaban J connectivity index is 1.34. The van der Waals surface area contributed by atoms with Crippen molar-refractivity contribution in [2.75, 3.05) is 36.0 Å². The van der Waals surface area contributed by atoms with Gasteiger partial charge in [-0.3, -0.25) is 0 Å². The minimum Gasteiger partial charge on any atom is -0.352 e. The maximum Gasteiger partial charge on any atom is 0.417 e. The molecular formula is C19H18ClF3N6. The molecule has 0 unspecified atom stereocenters. The second kappa shape index (κ2) is 6.76. The standard InChI is InChI=1S/C19H18ClF3N6/c20-14-9-13(19(21,22)23)11-25-17(14)27-5-7-28(8-6-27)18-16-10-15(12-1-2-12)26-29(16)4-3-24-18/h3-4,9-12H,1-2,5-8H2. The van der Waals surface area contributed by atoms with Gasteiger partial charge in [0.25, 0.3) is 0 Å².